The zero-order chi connectivity index (χ0) is 21.0. The van der Waals surface area contributed by atoms with Crippen molar-refractivity contribution in [3.05, 3.63) is 95.6 Å². The molecular formula is C27H18O4. The first-order valence-electron chi connectivity index (χ1n) is 10.2. The van der Waals surface area contributed by atoms with E-state index in [1.807, 2.05) is 78.9 Å². The molecule has 2 heterocycles. The molecule has 6 rings (SSSR count). The molecule has 4 aromatic rings. The van der Waals surface area contributed by atoms with Crippen molar-refractivity contribution in [3.63, 3.8) is 0 Å². The van der Waals surface area contributed by atoms with Crippen molar-refractivity contribution in [2.45, 2.75) is 12.2 Å². The van der Waals surface area contributed by atoms with Crippen LogP contribution in [-0.2, 0) is 4.79 Å². The highest BCUT2D eigenvalue weighted by molar-refractivity contribution is 5.96. The van der Waals surface area contributed by atoms with Gasteiger partial charge in [0.25, 0.3) is 5.79 Å². The SMILES string of the molecule is O=C(O)CC1=Cc2c(ccc3ccccc23)OC12C=Cc1c(ccc3ccccc13)O2. The first kappa shape index (κ1) is 17.8. The van der Waals surface area contributed by atoms with Gasteiger partial charge in [0.1, 0.15) is 11.5 Å². The summed E-state index contributed by atoms with van der Waals surface area (Å²) >= 11 is 0. The summed E-state index contributed by atoms with van der Waals surface area (Å²) in [6.07, 6.45) is 5.53. The molecule has 1 atom stereocenters. The molecule has 1 unspecified atom stereocenters. The van der Waals surface area contributed by atoms with Crippen molar-refractivity contribution in [2.24, 2.45) is 0 Å². The molecule has 0 aliphatic carbocycles. The zero-order valence-electron chi connectivity index (χ0n) is 16.5. The number of carbonyl (C=O) groups is 1. The largest absolute Gasteiger partial charge is 0.481 e. The normalized spacial score (nSPS) is 18.8. The molecule has 0 saturated heterocycles. The second-order valence-corrected chi connectivity index (χ2v) is 7.84. The van der Waals surface area contributed by atoms with Crippen molar-refractivity contribution < 1.29 is 19.4 Å². The minimum Gasteiger partial charge on any atom is -0.481 e. The van der Waals surface area contributed by atoms with Crippen LogP contribution < -0.4 is 9.47 Å². The van der Waals surface area contributed by atoms with Gasteiger partial charge in [-0.05, 0) is 45.8 Å². The van der Waals surface area contributed by atoms with Gasteiger partial charge in [-0.1, -0.05) is 60.7 Å². The van der Waals surface area contributed by atoms with Crippen molar-refractivity contribution in [1.29, 1.82) is 0 Å². The van der Waals surface area contributed by atoms with Gasteiger partial charge in [0.2, 0.25) is 0 Å². The Morgan fingerprint density at radius 1 is 0.774 bits per heavy atom. The van der Waals surface area contributed by atoms with Crippen molar-refractivity contribution in [1.82, 2.24) is 0 Å². The molecule has 2 aliphatic heterocycles. The maximum Gasteiger partial charge on any atom is 0.307 e. The van der Waals surface area contributed by atoms with Crippen LogP contribution in [0.5, 0.6) is 11.5 Å². The third kappa shape index (κ3) is 2.72. The number of ether oxygens (including phenoxy) is 2. The van der Waals surface area contributed by atoms with Crippen LogP contribution in [0, 0.1) is 0 Å². The van der Waals surface area contributed by atoms with Gasteiger partial charge in [0, 0.05) is 22.8 Å². The van der Waals surface area contributed by atoms with Crippen LogP contribution in [0.25, 0.3) is 33.7 Å². The van der Waals surface area contributed by atoms with Crippen molar-refractivity contribution in [3.8, 4) is 11.5 Å². The fraction of sp³-hybridized carbons (Fsp3) is 0.0741. The van der Waals surface area contributed by atoms with Crippen molar-refractivity contribution in [2.75, 3.05) is 0 Å². The highest BCUT2D eigenvalue weighted by atomic mass is 16.7. The van der Waals surface area contributed by atoms with Crippen LogP contribution in [-0.4, -0.2) is 16.9 Å². The van der Waals surface area contributed by atoms with Gasteiger partial charge in [-0.15, -0.1) is 0 Å². The molecule has 0 radical (unpaired) electrons. The maximum atomic E-state index is 11.7. The van der Waals surface area contributed by atoms with Gasteiger partial charge in [-0.3, -0.25) is 4.79 Å². The minimum atomic E-state index is -1.29. The molecule has 0 saturated carbocycles. The quantitative estimate of drug-likeness (QED) is 0.441. The lowest BCUT2D eigenvalue weighted by molar-refractivity contribution is -0.137. The monoisotopic (exact) mass is 406 g/mol. The molecule has 4 nitrogen and oxygen atoms in total. The topological polar surface area (TPSA) is 55.8 Å². The lowest BCUT2D eigenvalue weighted by Crippen LogP contribution is -2.46. The Morgan fingerprint density at radius 2 is 1.35 bits per heavy atom. The van der Waals surface area contributed by atoms with Gasteiger partial charge in [-0.2, -0.15) is 0 Å². The fourth-order valence-corrected chi connectivity index (χ4v) is 4.51. The second kappa shape index (κ2) is 6.47. The Kier molecular flexibility index (Phi) is 3.71. The lowest BCUT2D eigenvalue weighted by Gasteiger charge is -2.39. The van der Waals surface area contributed by atoms with E-state index < -0.39 is 11.8 Å². The van der Waals surface area contributed by atoms with E-state index in [-0.39, 0.29) is 6.42 Å². The standard InChI is InChI=1S/C27H18O4/c28-26(29)16-19-15-23-21-8-4-2-6-18(21)10-12-25(23)31-27(19)14-13-22-20-7-3-1-5-17(20)9-11-24(22)30-27/h1-15H,16H2,(H,28,29). The molecule has 0 bridgehead atoms. The molecular weight excluding hydrogens is 388 g/mol. The molecule has 0 fully saturated rings. The van der Waals surface area contributed by atoms with Crippen LogP contribution in [0.15, 0.2) is 84.4 Å². The van der Waals surface area contributed by atoms with Crippen LogP contribution in [0.3, 0.4) is 0 Å². The summed E-state index contributed by atoms with van der Waals surface area (Å²) in [5.41, 5.74) is 2.39. The zero-order valence-corrected chi connectivity index (χ0v) is 16.5. The van der Waals surface area contributed by atoms with Crippen LogP contribution in [0.4, 0.5) is 0 Å². The number of carboxylic acids is 1. The molecule has 2 aliphatic rings. The van der Waals surface area contributed by atoms with Gasteiger partial charge >= 0.3 is 5.97 Å². The number of carboxylic acid groups (broad SMARTS) is 1. The summed E-state index contributed by atoms with van der Waals surface area (Å²) in [6, 6.07) is 24.0. The number of hydrogen-bond acceptors (Lipinski definition) is 3. The predicted molar refractivity (Wildman–Crippen MR) is 121 cm³/mol. The molecule has 0 amide bonds. The van der Waals surface area contributed by atoms with Gasteiger partial charge < -0.3 is 14.6 Å². The van der Waals surface area contributed by atoms with Crippen LogP contribution in [0.1, 0.15) is 17.5 Å². The van der Waals surface area contributed by atoms with E-state index >= 15 is 0 Å². The van der Waals surface area contributed by atoms with Crippen LogP contribution >= 0.6 is 0 Å². The Bertz CT molecular complexity index is 1440. The summed E-state index contributed by atoms with van der Waals surface area (Å²) in [5, 5.41) is 13.9. The lowest BCUT2D eigenvalue weighted by atomic mass is 9.90. The van der Waals surface area contributed by atoms with E-state index in [0.717, 1.165) is 32.7 Å². The molecule has 4 aromatic carbocycles. The third-order valence-corrected chi connectivity index (χ3v) is 5.96. The van der Waals surface area contributed by atoms with E-state index in [1.54, 1.807) is 0 Å². The Balaban J connectivity index is 1.53. The first-order chi connectivity index (χ1) is 15.1. The summed E-state index contributed by atoms with van der Waals surface area (Å²) in [5.74, 6) is -0.883. The minimum absolute atomic E-state index is 0.185. The first-order valence-corrected chi connectivity index (χ1v) is 10.2. The molecule has 1 N–H and O–H groups in total. The maximum absolute atomic E-state index is 11.7. The Hall–Kier alpha value is -4.05. The Labute approximate surface area is 178 Å². The highest BCUT2D eigenvalue weighted by Gasteiger charge is 2.43. The van der Waals surface area contributed by atoms with E-state index in [1.165, 1.54) is 0 Å². The summed E-state index contributed by atoms with van der Waals surface area (Å²) in [4.78, 5) is 11.7. The average molecular weight is 406 g/mol. The van der Waals surface area contributed by atoms with Gasteiger partial charge in [0.05, 0.1) is 6.42 Å². The molecule has 0 aromatic heterocycles. The summed E-state index contributed by atoms with van der Waals surface area (Å²) in [7, 11) is 0. The molecule has 4 heteroatoms. The fourth-order valence-electron chi connectivity index (χ4n) is 4.51. The highest BCUT2D eigenvalue weighted by Crippen LogP contribution is 2.46. The number of aliphatic carboxylic acids is 1. The third-order valence-electron chi connectivity index (χ3n) is 5.96. The summed E-state index contributed by atoms with van der Waals surface area (Å²) < 4.78 is 12.8. The van der Waals surface area contributed by atoms with Crippen molar-refractivity contribution >= 4 is 39.7 Å². The molecule has 1 spiro atoms. The van der Waals surface area contributed by atoms with Crippen LogP contribution in [0.2, 0.25) is 0 Å². The summed E-state index contributed by atoms with van der Waals surface area (Å²) in [6.45, 7) is 0. The van der Waals surface area contributed by atoms with Gasteiger partial charge in [-0.25, -0.2) is 0 Å². The smallest absolute Gasteiger partial charge is 0.307 e. The van der Waals surface area contributed by atoms with Gasteiger partial charge in [0.15, 0.2) is 0 Å². The predicted octanol–water partition coefficient (Wildman–Crippen LogP) is 6.05. The molecule has 31 heavy (non-hydrogen) atoms. The number of rotatable bonds is 2. The van der Waals surface area contributed by atoms with E-state index in [2.05, 4.69) is 12.1 Å². The number of benzene rings is 4. The van der Waals surface area contributed by atoms with E-state index in [4.69, 9.17) is 9.47 Å². The molecule has 150 valence electrons. The van der Waals surface area contributed by atoms with E-state index in [0.29, 0.717) is 17.1 Å². The second-order valence-electron chi connectivity index (χ2n) is 7.84. The average Bonchev–Trinajstić information content (AvgIpc) is 2.79. The number of hydrogen-bond donors (Lipinski definition) is 1. The number of fused-ring (bicyclic) bond motifs is 6. The van der Waals surface area contributed by atoms with E-state index in [9.17, 15) is 9.90 Å². The Morgan fingerprint density at radius 3 is 2.00 bits per heavy atom.